The van der Waals surface area contributed by atoms with Gasteiger partial charge in [-0.25, -0.2) is 0 Å². The zero-order valence-electron chi connectivity index (χ0n) is 44.3. The zero-order chi connectivity index (χ0) is 48.3. The van der Waals surface area contributed by atoms with Gasteiger partial charge in [-0.15, -0.1) is 0 Å². The Hall–Kier alpha value is -2.68. The summed E-state index contributed by atoms with van der Waals surface area (Å²) in [7, 11) is 1.99. The first kappa shape index (κ1) is 62.3. The number of carbonyl (C=O) groups is 4. The number of nitrogens with one attached hydrogen (secondary N) is 2. The molecule has 9 heteroatoms. The highest BCUT2D eigenvalue weighted by Crippen LogP contribution is 2.18. The normalized spacial score (nSPS) is 12.8. The Morgan fingerprint density at radius 2 is 0.692 bits per heavy atom. The summed E-state index contributed by atoms with van der Waals surface area (Å²) < 4.78 is 0. The molecule has 0 aromatic rings. The van der Waals surface area contributed by atoms with E-state index in [0.29, 0.717) is 52.1 Å². The Labute approximate surface area is 402 Å². The number of hydrogen-bond acceptors (Lipinski definition) is 5. The number of carbonyl (C=O) groups excluding carboxylic acids is 4. The van der Waals surface area contributed by atoms with Crippen LogP contribution in [0.15, 0.2) is 24.3 Å². The second kappa shape index (κ2) is 43.9. The molecule has 0 bridgehead atoms. The molecular formula is C56H107N5O4. The lowest BCUT2D eigenvalue weighted by atomic mass is 10.00. The molecule has 0 rings (SSSR count). The minimum atomic E-state index is -0.496. The lowest BCUT2D eigenvalue weighted by Gasteiger charge is -2.34. The Bertz CT molecular complexity index is 1220. The van der Waals surface area contributed by atoms with Crippen molar-refractivity contribution in [3.63, 3.8) is 0 Å². The van der Waals surface area contributed by atoms with Gasteiger partial charge in [0.2, 0.25) is 23.6 Å². The minimum Gasteiger partial charge on any atom is -0.353 e. The molecule has 0 aliphatic rings. The molecule has 9 nitrogen and oxygen atoms in total. The third kappa shape index (κ3) is 33.4. The molecule has 65 heavy (non-hydrogen) atoms. The van der Waals surface area contributed by atoms with Crippen molar-refractivity contribution < 1.29 is 19.2 Å². The second-order valence-electron chi connectivity index (χ2n) is 19.8. The van der Waals surface area contributed by atoms with E-state index in [1.54, 1.807) is 0 Å². The molecule has 380 valence electrons. The summed E-state index contributed by atoms with van der Waals surface area (Å²) in [6, 6.07) is -0.993. The lowest BCUT2D eigenvalue weighted by molar-refractivity contribution is -0.142. The first-order valence-electron chi connectivity index (χ1n) is 27.6. The van der Waals surface area contributed by atoms with Gasteiger partial charge < -0.3 is 25.3 Å². The van der Waals surface area contributed by atoms with Gasteiger partial charge in [-0.1, -0.05) is 176 Å². The molecule has 0 aromatic carbocycles. The predicted molar refractivity (Wildman–Crippen MR) is 279 cm³/mol. The van der Waals surface area contributed by atoms with E-state index in [4.69, 9.17) is 0 Å². The van der Waals surface area contributed by atoms with Crippen molar-refractivity contribution in [2.24, 2.45) is 11.8 Å². The molecule has 0 saturated carbocycles. The van der Waals surface area contributed by atoms with E-state index in [2.05, 4.69) is 67.5 Å². The highest BCUT2D eigenvalue weighted by atomic mass is 16.2. The molecule has 2 N–H and O–H groups in total. The molecule has 0 aliphatic heterocycles. The van der Waals surface area contributed by atoms with E-state index >= 15 is 0 Å². The van der Waals surface area contributed by atoms with Gasteiger partial charge in [0.1, 0.15) is 12.1 Å². The van der Waals surface area contributed by atoms with Crippen LogP contribution < -0.4 is 10.6 Å². The van der Waals surface area contributed by atoms with Crippen molar-refractivity contribution in [1.29, 1.82) is 0 Å². The molecule has 0 aromatic heterocycles. The van der Waals surface area contributed by atoms with Crippen molar-refractivity contribution >= 4 is 23.6 Å². The maximum atomic E-state index is 13.6. The van der Waals surface area contributed by atoms with E-state index in [9.17, 15) is 19.2 Å². The van der Waals surface area contributed by atoms with Crippen molar-refractivity contribution in [3.8, 4) is 0 Å². The van der Waals surface area contributed by atoms with Crippen LogP contribution in [0, 0.1) is 11.8 Å². The fourth-order valence-corrected chi connectivity index (χ4v) is 8.79. The number of hydrogen-bond donors (Lipinski definition) is 2. The summed E-state index contributed by atoms with van der Waals surface area (Å²) in [4.78, 5) is 59.9. The second-order valence-corrected chi connectivity index (χ2v) is 19.8. The van der Waals surface area contributed by atoms with Crippen molar-refractivity contribution in [3.05, 3.63) is 24.3 Å². The standard InChI is InChI=1S/C56H107N5O4/c1-10-14-16-18-20-22-24-26-28-30-32-34-36-38-40-42-52(63)61(46-13-4)54(50(7)8)56(65)58-44-48-59(9)47-43-57-55(64)53(49(5)6)60(45-12-3)51(62)41-39-37-35-33-31-29-27-25-23-21-19-17-15-11-2/h25-28,49-50,53-54H,10-24,29-48H2,1-9H3,(H,57,64)(H,58,65)/b27-25-,28-26-. The Kier molecular flexibility index (Phi) is 42.1. The summed E-state index contributed by atoms with van der Waals surface area (Å²) in [6.07, 6.45) is 42.4. The van der Waals surface area contributed by atoms with Crippen LogP contribution in [0.1, 0.15) is 242 Å². The monoisotopic (exact) mass is 914 g/mol. The maximum absolute atomic E-state index is 13.6. The van der Waals surface area contributed by atoms with Gasteiger partial charge in [-0.2, -0.15) is 0 Å². The SMILES string of the molecule is CCCCCCC/C=C\CCCCCCCC(=O)N(CCC)C(C(=O)NCCN(C)CCNC(=O)C(C(C)C)N(CCC)C(=O)CCCCCCC/C=C\CCCCCCCC)C(C)C. The molecule has 0 heterocycles. The van der Waals surface area contributed by atoms with Gasteiger partial charge in [-0.3, -0.25) is 19.2 Å². The van der Waals surface area contributed by atoms with E-state index < -0.39 is 12.1 Å². The largest absolute Gasteiger partial charge is 0.353 e. The number of likely N-dealkylation sites (N-methyl/N-ethyl adjacent to an activating group) is 1. The van der Waals surface area contributed by atoms with Crippen LogP contribution in [0.3, 0.4) is 0 Å². The van der Waals surface area contributed by atoms with E-state index in [-0.39, 0.29) is 35.5 Å². The topological polar surface area (TPSA) is 102 Å². The van der Waals surface area contributed by atoms with Gasteiger partial charge in [-0.05, 0) is 95.9 Å². The van der Waals surface area contributed by atoms with E-state index in [1.165, 1.54) is 109 Å². The molecule has 0 spiro atoms. The number of allylic oxidation sites excluding steroid dienone is 4. The van der Waals surface area contributed by atoms with Crippen molar-refractivity contribution in [1.82, 2.24) is 25.3 Å². The highest BCUT2D eigenvalue weighted by molar-refractivity contribution is 5.88. The smallest absolute Gasteiger partial charge is 0.243 e. The first-order chi connectivity index (χ1) is 31.5. The molecule has 4 amide bonds. The van der Waals surface area contributed by atoms with Crippen LogP contribution >= 0.6 is 0 Å². The quantitative estimate of drug-likeness (QED) is 0.0468. The average Bonchev–Trinajstić information content (AvgIpc) is 3.27. The minimum absolute atomic E-state index is 0.00202. The van der Waals surface area contributed by atoms with Crippen molar-refractivity contribution in [2.45, 2.75) is 254 Å². The summed E-state index contributed by atoms with van der Waals surface area (Å²) in [5, 5.41) is 6.23. The van der Waals surface area contributed by atoms with Crippen molar-refractivity contribution in [2.75, 3.05) is 46.3 Å². The van der Waals surface area contributed by atoms with Gasteiger partial charge in [0.05, 0.1) is 0 Å². The molecule has 0 saturated heterocycles. The van der Waals surface area contributed by atoms with Gasteiger partial charge in [0, 0.05) is 52.1 Å². The van der Waals surface area contributed by atoms with E-state index in [1.807, 2.05) is 44.5 Å². The summed E-state index contributed by atoms with van der Waals surface area (Å²) >= 11 is 0. The number of nitrogens with zero attached hydrogens (tertiary/aromatic N) is 3. The van der Waals surface area contributed by atoms with Crippen LogP contribution in [0.2, 0.25) is 0 Å². The third-order valence-corrected chi connectivity index (χ3v) is 12.7. The van der Waals surface area contributed by atoms with Crippen LogP contribution in [-0.4, -0.2) is 96.7 Å². The van der Waals surface area contributed by atoms with Gasteiger partial charge >= 0.3 is 0 Å². The van der Waals surface area contributed by atoms with Crippen LogP contribution in [0.5, 0.6) is 0 Å². The number of amides is 4. The molecule has 0 radical (unpaired) electrons. The average molecular weight is 915 g/mol. The number of unbranched alkanes of at least 4 members (excludes halogenated alkanes) is 21. The summed E-state index contributed by atoms with van der Waals surface area (Å²) in [6.45, 7) is 20.0. The summed E-state index contributed by atoms with van der Waals surface area (Å²) in [5.74, 6) is -0.0365. The lowest BCUT2D eigenvalue weighted by Crippen LogP contribution is -2.54. The zero-order valence-corrected chi connectivity index (χ0v) is 44.3. The highest BCUT2D eigenvalue weighted by Gasteiger charge is 2.33. The molecule has 2 atom stereocenters. The fraction of sp³-hybridized carbons (Fsp3) is 0.857. The van der Waals surface area contributed by atoms with Crippen LogP contribution in [-0.2, 0) is 19.2 Å². The molecule has 0 fully saturated rings. The van der Waals surface area contributed by atoms with Gasteiger partial charge in [0.25, 0.3) is 0 Å². The molecule has 2 unspecified atom stereocenters. The number of rotatable bonds is 45. The molecular weight excluding hydrogens is 807 g/mol. The maximum Gasteiger partial charge on any atom is 0.243 e. The third-order valence-electron chi connectivity index (χ3n) is 12.7. The molecule has 0 aliphatic carbocycles. The van der Waals surface area contributed by atoms with Gasteiger partial charge in [0.15, 0.2) is 0 Å². The Balaban J connectivity index is 4.67. The van der Waals surface area contributed by atoms with Crippen LogP contribution in [0.4, 0.5) is 0 Å². The first-order valence-corrected chi connectivity index (χ1v) is 27.6. The summed E-state index contributed by atoms with van der Waals surface area (Å²) in [5.41, 5.74) is 0. The fourth-order valence-electron chi connectivity index (χ4n) is 8.79. The van der Waals surface area contributed by atoms with Crippen LogP contribution in [0.25, 0.3) is 0 Å². The Morgan fingerprint density at radius 3 is 0.985 bits per heavy atom. The Morgan fingerprint density at radius 1 is 0.400 bits per heavy atom. The predicted octanol–water partition coefficient (Wildman–Crippen LogP) is 13.4. The van der Waals surface area contributed by atoms with E-state index in [0.717, 1.165) is 64.2 Å².